The molecular formula is C23H24ClNO4. The van der Waals surface area contributed by atoms with Gasteiger partial charge in [0.25, 0.3) is 0 Å². The molecule has 0 aliphatic heterocycles. The molecule has 0 unspecified atom stereocenters. The highest BCUT2D eigenvalue weighted by Gasteiger charge is 2.16. The molecule has 0 atom stereocenters. The summed E-state index contributed by atoms with van der Waals surface area (Å²) in [7, 11) is 1.58. The van der Waals surface area contributed by atoms with Crippen molar-refractivity contribution < 1.29 is 13.9 Å². The number of ether oxygens (including phenoxy) is 1. The maximum Gasteiger partial charge on any atom is 0.339 e. The van der Waals surface area contributed by atoms with Crippen LogP contribution in [0, 0.1) is 13.8 Å². The zero-order valence-electron chi connectivity index (χ0n) is 16.8. The summed E-state index contributed by atoms with van der Waals surface area (Å²) in [5, 5.41) is 4.45. The summed E-state index contributed by atoms with van der Waals surface area (Å²) in [5.74, 6) is 0.580. The van der Waals surface area contributed by atoms with Crippen LogP contribution in [0.4, 0.5) is 0 Å². The number of nitrogens with one attached hydrogen (secondary N) is 1. The van der Waals surface area contributed by atoms with E-state index in [-0.39, 0.29) is 12.3 Å². The van der Waals surface area contributed by atoms with Crippen molar-refractivity contribution in [1.29, 1.82) is 0 Å². The third-order valence-electron chi connectivity index (χ3n) is 5.13. The Hall–Kier alpha value is -2.79. The van der Waals surface area contributed by atoms with Crippen molar-refractivity contribution in [2.75, 3.05) is 13.7 Å². The van der Waals surface area contributed by atoms with Crippen LogP contribution in [0.25, 0.3) is 11.0 Å². The number of benzene rings is 2. The van der Waals surface area contributed by atoms with Gasteiger partial charge in [-0.2, -0.15) is 0 Å². The lowest BCUT2D eigenvalue weighted by molar-refractivity contribution is -0.121. The van der Waals surface area contributed by atoms with E-state index in [0.29, 0.717) is 34.9 Å². The van der Waals surface area contributed by atoms with E-state index < -0.39 is 5.63 Å². The number of methoxy groups -OCH3 is 1. The van der Waals surface area contributed by atoms with Crippen LogP contribution < -0.4 is 15.7 Å². The Morgan fingerprint density at radius 3 is 2.48 bits per heavy atom. The first-order valence-corrected chi connectivity index (χ1v) is 9.89. The largest absolute Gasteiger partial charge is 0.496 e. The minimum Gasteiger partial charge on any atom is -0.496 e. The molecule has 0 saturated carbocycles. The topological polar surface area (TPSA) is 68.5 Å². The molecule has 1 N–H and O–H groups in total. The molecule has 0 radical (unpaired) electrons. The number of rotatable bonds is 7. The van der Waals surface area contributed by atoms with Gasteiger partial charge in [-0.1, -0.05) is 23.7 Å². The lowest BCUT2D eigenvalue weighted by Gasteiger charge is -2.11. The molecule has 0 fully saturated rings. The molecule has 29 heavy (non-hydrogen) atoms. The average Bonchev–Trinajstić information content (AvgIpc) is 2.70. The molecule has 0 aliphatic rings. The van der Waals surface area contributed by atoms with Crippen molar-refractivity contribution in [3.05, 3.63) is 74.1 Å². The Morgan fingerprint density at radius 1 is 1.07 bits per heavy atom. The summed E-state index contributed by atoms with van der Waals surface area (Å²) in [5.41, 5.74) is 3.40. The van der Waals surface area contributed by atoms with Gasteiger partial charge in [-0.15, -0.1) is 0 Å². The van der Waals surface area contributed by atoms with Crippen LogP contribution in [-0.4, -0.2) is 19.6 Å². The van der Waals surface area contributed by atoms with Crippen molar-refractivity contribution in [1.82, 2.24) is 5.32 Å². The number of carbonyl (C=O) groups excluding carboxylic acids is 1. The quantitative estimate of drug-likeness (QED) is 0.584. The molecule has 1 aromatic heterocycles. The van der Waals surface area contributed by atoms with Gasteiger partial charge >= 0.3 is 5.63 Å². The van der Waals surface area contributed by atoms with Crippen LogP contribution in [0.2, 0.25) is 5.02 Å². The minimum absolute atomic E-state index is 0.0937. The number of carbonyl (C=O) groups is 1. The van der Waals surface area contributed by atoms with Crippen LogP contribution in [-0.2, 0) is 17.6 Å². The number of aryl methyl sites for hydroxylation is 2. The summed E-state index contributed by atoms with van der Waals surface area (Å²) in [6.07, 6.45) is 1.29. The van der Waals surface area contributed by atoms with Gasteiger partial charge in [-0.3, -0.25) is 4.79 Å². The molecule has 6 heteroatoms. The van der Waals surface area contributed by atoms with Gasteiger partial charge < -0.3 is 14.5 Å². The summed E-state index contributed by atoms with van der Waals surface area (Å²) in [6.45, 7) is 4.28. The Bertz CT molecular complexity index is 1090. The first-order chi connectivity index (χ1) is 13.9. The Kier molecular flexibility index (Phi) is 6.60. The fourth-order valence-corrected chi connectivity index (χ4v) is 3.53. The van der Waals surface area contributed by atoms with Gasteiger partial charge in [0.15, 0.2) is 0 Å². The van der Waals surface area contributed by atoms with Crippen molar-refractivity contribution in [2.45, 2.75) is 33.1 Å². The highest BCUT2D eigenvalue weighted by molar-refractivity contribution is 6.30. The van der Waals surface area contributed by atoms with Gasteiger partial charge in [-0.05, 0) is 62.1 Å². The predicted molar refractivity (Wildman–Crippen MR) is 115 cm³/mol. The second-order valence-electron chi connectivity index (χ2n) is 6.99. The van der Waals surface area contributed by atoms with E-state index in [0.717, 1.165) is 28.5 Å². The predicted octanol–water partition coefficient (Wildman–Crippen LogP) is 4.36. The lowest BCUT2D eigenvalue weighted by Crippen LogP contribution is -2.26. The molecule has 0 spiro atoms. The zero-order chi connectivity index (χ0) is 21.0. The summed E-state index contributed by atoms with van der Waals surface area (Å²) < 4.78 is 10.8. The van der Waals surface area contributed by atoms with E-state index >= 15 is 0 Å². The second kappa shape index (κ2) is 9.14. The number of hydrogen-bond donors (Lipinski definition) is 1. The standard InChI is InChI=1S/C23H24ClNO4/c1-14-18-8-10-20(28-3)15(2)22(18)29-23(27)19(14)9-11-21(26)25-13-12-16-4-6-17(24)7-5-16/h4-8,10H,9,11-13H2,1-3H3,(H,25,26). The molecule has 0 aliphatic carbocycles. The number of fused-ring (bicyclic) bond motifs is 1. The summed E-state index contributed by atoms with van der Waals surface area (Å²) in [4.78, 5) is 24.7. The molecule has 0 bridgehead atoms. The maximum absolute atomic E-state index is 12.5. The fraction of sp³-hybridized carbons (Fsp3) is 0.304. The Balaban J connectivity index is 1.64. The highest BCUT2D eigenvalue weighted by Crippen LogP contribution is 2.29. The molecule has 1 amide bonds. The molecule has 3 aromatic rings. The molecule has 152 valence electrons. The number of amides is 1. The van der Waals surface area contributed by atoms with Crippen LogP contribution in [0.5, 0.6) is 5.75 Å². The molecule has 3 rings (SSSR count). The van der Waals surface area contributed by atoms with Gasteiger partial charge in [0, 0.05) is 34.5 Å². The molecule has 0 saturated heterocycles. The molecule has 5 nitrogen and oxygen atoms in total. The van der Waals surface area contributed by atoms with Crippen LogP contribution in [0.3, 0.4) is 0 Å². The van der Waals surface area contributed by atoms with Crippen LogP contribution >= 0.6 is 11.6 Å². The number of hydrogen-bond acceptors (Lipinski definition) is 4. The summed E-state index contributed by atoms with van der Waals surface area (Å²) >= 11 is 5.87. The van der Waals surface area contributed by atoms with Crippen LogP contribution in [0.1, 0.15) is 28.7 Å². The summed E-state index contributed by atoms with van der Waals surface area (Å²) in [6, 6.07) is 11.3. The van der Waals surface area contributed by atoms with E-state index in [1.165, 1.54) is 0 Å². The minimum atomic E-state index is -0.402. The third-order valence-corrected chi connectivity index (χ3v) is 5.38. The Morgan fingerprint density at radius 2 is 1.79 bits per heavy atom. The molecule has 2 aromatic carbocycles. The van der Waals surface area contributed by atoms with Crippen LogP contribution in [0.15, 0.2) is 45.6 Å². The van der Waals surface area contributed by atoms with Crippen molar-refractivity contribution in [2.24, 2.45) is 0 Å². The van der Waals surface area contributed by atoms with Gasteiger partial charge in [0.05, 0.1) is 7.11 Å². The van der Waals surface area contributed by atoms with Crippen molar-refractivity contribution in [3.63, 3.8) is 0 Å². The first kappa shape index (κ1) is 20.9. The fourth-order valence-electron chi connectivity index (χ4n) is 3.41. The van der Waals surface area contributed by atoms with E-state index in [1.807, 2.05) is 50.2 Å². The van der Waals surface area contributed by atoms with Crippen molar-refractivity contribution in [3.8, 4) is 5.75 Å². The third kappa shape index (κ3) is 4.80. The highest BCUT2D eigenvalue weighted by atomic mass is 35.5. The van der Waals surface area contributed by atoms with Gasteiger partial charge in [0.1, 0.15) is 11.3 Å². The van der Waals surface area contributed by atoms with Gasteiger partial charge in [-0.25, -0.2) is 4.79 Å². The maximum atomic E-state index is 12.5. The van der Waals surface area contributed by atoms with Crippen molar-refractivity contribution >= 4 is 28.5 Å². The molecular weight excluding hydrogens is 390 g/mol. The van der Waals surface area contributed by atoms with E-state index in [2.05, 4.69) is 5.32 Å². The Labute approximate surface area is 174 Å². The lowest BCUT2D eigenvalue weighted by atomic mass is 10.0. The molecule has 1 heterocycles. The second-order valence-corrected chi connectivity index (χ2v) is 7.43. The zero-order valence-corrected chi connectivity index (χ0v) is 17.6. The number of halogens is 1. The van der Waals surface area contributed by atoms with E-state index in [4.69, 9.17) is 20.8 Å². The van der Waals surface area contributed by atoms with Gasteiger partial charge in [0.2, 0.25) is 5.91 Å². The SMILES string of the molecule is COc1ccc2c(C)c(CCC(=O)NCCc3ccc(Cl)cc3)c(=O)oc2c1C. The average molecular weight is 414 g/mol. The normalized spacial score (nSPS) is 10.9. The smallest absolute Gasteiger partial charge is 0.339 e. The first-order valence-electron chi connectivity index (χ1n) is 9.51. The van der Waals surface area contributed by atoms with E-state index in [9.17, 15) is 9.59 Å². The monoisotopic (exact) mass is 413 g/mol. The van der Waals surface area contributed by atoms with E-state index in [1.54, 1.807) is 7.11 Å².